The van der Waals surface area contributed by atoms with Crippen molar-refractivity contribution in [2.24, 2.45) is 17.3 Å². The second kappa shape index (κ2) is 7.72. The van der Waals surface area contributed by atoms with Crippen LogP contribution in [-0.2, 0) is 17.6 Å². The minimum absolute atomic E-state index is 0.0279. The van der Waals surface area contributed by atoms with Crippen LogP contribution in [0.3, 0.4) is 0 Å². The summed E-state index contributed by atoms with van der Waals surface area (Å²) in [4.78, 5) is 12.5. The summed E-state index contributed by atoms with van der Waals surface area (Å²) < 4.78 is 5.46. The molecule has 2 saturated carbocycles. The summed E-state index contributed by atoms with van der Waals surface area (Å²) in [5, 5.41) is 0. The van der Waals surface area contributed by atoms with Gasteiger partial charge in [-0.1, -0.05) is 55.5 Å². The maximum atomic E-state index is 12.5. The minimum Gasteiger partial charge on any atom is -0.496 e. The zero-order valence-corrected chi connectivity index (χ0v) is 18.2. The molecule has 30 heavy (non-hydrogen) atoms. The first-order valence-electron chi connectivity index (χ1n) is 11.5. The van der Waals surface area contributed by atoms with Gasteiger partial charge in [0.05, 0.1) is 7.11 Å². The fourth-order valence-electron chi connectivity index (χ4n) is 6.67. The lowest BCUT2D eigenvalue weighted by molar-refractivity contribution is -0.129. The summed E-state index contributed by atoms with van der Waals surface area (Å²) in [6.45, 7) is 2.26. The highest BCUT2D eigenvalue weighted by Gasteiger charge is 2.54. The number of para-hydroxylation sites is 1. The molecular formula is C28H32O2. The number of aryl methyl sites for hydroxylation is 1. The molecule has 2 heteroatoms. The number of carbonyl (C=O) groups excluding carboxylic acids is 1. The average Bonchev–Trinajstić information content (AvgIpc) is 3.08. The highest BCUT2D eigenvalue weighted by Crippen LogP contribution is 2.59. The summed E-state index contributed by atoms with van der Waals surface area (Å²) in [6.07, 6.45) is 12.0. The molecule has 2 fully saturated rings. The average molecular weight is 401 g/mol. The third-order valence-electron chi connectivity index (χ3n) is 8.30. The van der Waals surface area contributed by atoms with E-state index in [0.29, 0.717) is 23.5 Å². The van der Waals surface area contributed by atoms with Crippen LogP contribution in [-0.4, -0.2) is 12.9 Å². The Balaban J connectivity index is 1.33. The number of benzene rings is 2. The van der Waals surface area contributed by atoms with Crippen LogP contribution in [0.1, 0.15) is 67.2 Å². The number of hydrogen-bond donors (Lipinski definition) is 0. The zero-order valence-electron chi connectivity index (χ0n) is 18.2. The molecule has 2 aromatic carbocycles. The van der Waals surface area contributed by atoms with E-state index in [9.17, 15) is 4.79 Å². The first-order valence-corrected chi connectivity index (χ1v) is 11.5. The van der Waals surface area contributed by atoms with Crippen molar-refractivity contribution >= 4 is 11.9 Å². The molecule has 0 aliphatic heterocycles. The molecule has 0 saturated heterocycles. The number of methoxy groups -OCH3 is 1. The molecule has 3 aliphatic carbocycles. The van der Waals surface area contributed by atoms with Crippen LogP contribution in [0, 0.1) is 17.3 Å². The van der Waals surface area contributed by atoms with Crippen LogP contribution in [0.2, 0.25) is 0 Å². The van der Waals surface area contributed by atoms with Crippen molar-refractivity contribution < 1.29 is 9.53 Å². The van der Waals surface area contributed by atoms with Gasteiger partial charge in [-0.3, -0.25) is 4.79 Å². The minimum atomic E-state index is -0.0279. The first-order chi connectivity index (χ1) is 14.6. The summed E-state index contributed by atoms with van der Waals surface area (Å²) in [5.74, 6) is 3.46. The van der Waals surface area contributed by atoms with Gasteiger partial charge in [-0.05, 0) is 84.6 Å². The Bertz CT molecular complexity index is 988. The van der Waals surface area contributed by atoms with E-state index in [0.717, 1.165) is 37.9 Å². The number of Topliss-reactive ketones (excluding diaryl/α,β-unsaturated/α-hetero) is 1. The van der Waals surface area contributed by atoms with Crippen LogP contribution in [0.15, 0.2) is 48.5 Å². The predicted octanol–water partition coefficient (Wildman–Crippen LogP) is 6.38. The quantitative estimate of drug-likeness (QED) is 0.595. The molecule has 2 nitrogen and oxygen atoms in total. The van der Waals surface area contributed by atoms with Gasteiger partial charge in [-0.25, -0.2) is 0 Å². The van der Waals surface area contributed by atoms with E-state index in [-0.39, 0.29) is 5.41 Å². The molecule has 3 aliphatic rings. The second-order valence-corrected chi connectivity index (χ2v) is 9.71. The number of carbonyl (C=O) groups is 1. The molecule has 2 aromatic rings. The van der Waals surface area contributed by atoms with Crippen LogP contribution >= 0.6 is 0 Å². The number of rotatable bonds is 4. The van der Waals surface area contributed by atoms with Gasteiger partial charge in [0.1, 0.15) is 11.5 Å². The molecular weight excluding hydrogens is 368 g/mol. The Hall–Kier alpha value is -2.35. The smallest absolute Gasteiger partial charge is 0.139 e. The monoisotopic (exact) mass is 400 g/mol. The molecule has 0 bridgehead atoms. The van der Waals surface area contributed by atoms with Crippen LogP contribution < -0.4 is 4.74 Å². The van der Waals surface area contributed by atoms with E-state index >= 15 is 0 Å². The lowest BCUT2D eigenvalue weighted by Crippen LogP contribution is -2.42. The van der Waals surface area contributed by atoms with Crippen molar-refractivity contribution in [2.45, 2.75) is 57.8 Å². The molecule has 5 rings (SSSR count). The van der Waals surface area contributed by atoms with Crippen molar-refractivity contribution in [3.63, 3.8) is 0 Å². The van der Waals surface area contributed by atoms with Crippen molar-refractivity contribution in [3.05, 3.63) is 70.8 Å². The SMILES string of the molecule is COc1ccccc1C/C=C/c1ccc2c(c1)CC[C@@H]1[C@@H]2CC[C@]2(C)C(=O)CC[C@@H]12. The van der Waals surface area contributed by atoms with E-state index in [1.54, 1.807) is 12.7 Å². The van der Waals surface area contributed by atoms with Gasteiger partial charge in [0.2, 0.25) is 0 Å². The van der Waals surface area contributed by atoms with Crippen molar-refractivity contribution in [1.29, 1.82) is 0 Å². The first kappa shape index (κ1) is 19.6. The second-order valence-electron chi connectivity index (χ2n) is 9.71. The molecule has 0 aromatic heterocycles. The number of ether oxygens (including phenoxy) is 1. The molecule has 0 N–H and O–H groups in total. The molecule has 0 radical (unpaired) electrons. The standard InChI is InChI=1S/C28H32O2/c1-28-17-16-23-22-12-10-19(6-5-8-20-7-3-4-9-26(20)30-2)18-21(22)11-13-24(23)25(28)14-15-27(28)29/h3-7,9-10,12,18,23-25H,8,11,13-17H2,1-2H3/b6-5+/t23-,24-,25+,28+/m1/s1. The van der Waals surface area contributed by atoms with E-state index in [2.05, 4.69) is 49.4 Å². The highest BCUT2D eigenvalue weighted by molar-refractivity contribution is 5.87. The molecule has 4 atom stereocenters. The van der Waals surface area contributed by atoms with Crippen LogP contribution in [0.25, 0.3) is 6.08 Å². The number of ketones is 1. The molecule has 156 valence electrons. The summed E-state index contributed by atoms with van der Waals surface area (Å²) in [5.41, 5.74) is 5.57. The normalized spacial score (nSPS) is 30.1. The van der Waals surface area contributed by atoms with Crippen LogP contribution in [0.4, 0.5) is 0 Å². The summed E-state index contributed by atoms with van der Waals surface area (Å²) in [7, 11) is 1.73. The molecule has 0 spiro atoms. The molecule has 0 unspecified atom stereocenters. The highest BCUT2D eigenvalue weighted by atomic mass is 16.5. The van der Waals surface area contributed by atoms with E-state index in [1.807, 2.05) is 12.1 Å². The number of allylic oxidation sites excluding steroid dienone is 1. The van der Waals surface area contributed by atoms with E-state index in [4.69, 9.17) is 4.74 Å². The number of fused-ring (bicyclic) bond motifs is 5. The van der Waals surface area contributed by atoms with Crippen molar-refractivity contribution in [1.82, 2.24) is 0 Å². The van der Waals surface area contributed by atoms with Gasteiger partial charge in [0.15, 0.2) is 0 Å². The molecule has 0 amide bonds. The Labute approximate surface area is 180 Å². The van der Waals surface area contributed by atoms with Gasteiger partial charge in [-0.15, -0.1) is 0 Å². The van der Waals surface area contributed by atoms with Crippen molar-refractivity contribution in [2.75, 3.05) is 7.11 Å². The van der Waals surface area contributed by atoms with Gasteiger partial charge in [0.25, 0.3) is 0 Å². The summed E-state index contributed by atoms with van der Waals surface area (Å²) >= 11 is 0. The van der Waals surface area contributed by atoms with Gasteiger partial charge in [-0.2, -0.15) is 0 Å². The Morgan fingerprint density at radius 3 is 2.83 bits per heavy atom. The van der Waals surface area contributed by atoms with Crippen LogP contribution in [0.5, 0.6) is 5.75 Å². The lowest BCUT2D eigenvalue weighted by Gasteiger charge is -2.48. The predicted molar refractivity (Wildman–Crippen MR) is 122 cm³/mol. The van der Waals surface area contributed by atoms with E-state index < -0.39 is 0 Å². The Morgan fingerprint density at radius 1 is 1.10 bits per heavy atom. The van der Waals surface area contributed by atoms with E-state index in [1.165, 1.54) is 29.5 Å². The van der Waals surface area contributed by atoms with Gasteiger partial charge in [0, 0.05) is 11.8 Å². The maximum absolute atomic E-state index is 12.5. The maximum Gasteiger partial charge on any atom is 0.139 e. The Morgan fingerprint density at radius 2 is 1.97 bits per heavy atom. The number of hydrogen-bond acceptors (Lipinski definition) is 2. The fraction of sp³-hybridized carbons (Fsp3) is 0.464. The third-order valence-corrected chi connectivity index (χ3v) is 8.30. The fourth-order valence-corrected chi connectivity index (χ4v) is 6.67. The van der Waals surface area contributed by atoms with Gasteiger partial charge < -0.3 is 4.74 Å². The summed E-state index contributed by atoms with van der Waals surface area (Å²) in [6, 6.07) is 15.3. The zero-order chi connectivity index (χ0) is 20.7. The van der Waals surface area contributed by atoms with Gasteiger partial charge >= 0.3 is 0 Å². The lowest BCUT2D eigenvalue weighted by atomic mass is 9.55. The van der Waals surface area contributed by atoms with Crippen molar-refractivity contribution in [3.8, 4) is 5.75 Å². The Kier molecular flexibility index (Phi) is 5.05. The third kappa shape index (κ3) is 3.21. The topological polar surface area (TPSA) is 26.3 Å². The molecule has 0 heterocycles. The largest absolute Gasteiger partial charge is 0.496 e.